The number of carbonyl (C=O) groups is 2. The zero-order valence-corrected chi connectivity index (χ0v) is 16.1. The van der Waals surface area contributed by atoms with Crippen LogP contribution in [-0.4, -0.2) is 75.0 Å². The fourth-order valence-corrected chi connectivity index (χ4v) is 2.91. The predicted octanol–water partition coefficient (Wildman–Crippen LogP) is -0.312. The monoisotopic (exact) mass is 388 g/mol. The van der Waals surface area contributed by atoms with E-state index in [9.17, 15) is 9.59 Å². The standard InChI is InChI=1S/C16H24N10O2/c1-24(2)16(28)20-10-5-4-6-26(9-10)15-21-14(12(13(17)27)22-23-15)19-11-7-18-25(3)8-11/h7-8,10H,4-6,9H2,1-3H3,(H2,17,27)(H,20,28)(H,19,21,23)/t10-/m1/s1. The van der Waals surface area contributed by atoms with Gasteiger partial charge in [0, 0.05) is 46.5 Å². The summed E-state index contributed by atoms with van der Waals surface area (Å²) < 4.78 is 1.62. The number of anilines is 3. The van der Waals surface area contributed by atoms with Crippen molar-refractivity contribution in [1.82, 2.24) is 35.2 Å². The third-order valence-corrected chi connectivity index (χ3v) is 4.31. The van der Waals surface area contributed by atoms with Crippen molar-refractivity contribution in [3.8, 4) is 0 Å². The van der Waals surface area contributed by atoms with Crippen LogP contribution in [0.1, 0.15) is 23.3 Å². The Morgan fingerprint density at radius 3 is 2.75 bits per heavy atom. The van der Waals surface area contributed by atoms with Crippen molar-refractivity contribution >= 4 is 29.4 Å². The maximum atomic E-state index is 11.9. The molecule has 0 aromatic carbocycles. The van der Waals surface area contributed by atoms with Gasteiger partial charge in [-0.1, -0.05) is 0 Å². The molecule has 0 saturated carbocycles. The molecule has 0 spiro atoms. The van der Waals surface area contributed by atoms with E-state index in [2.05, 4.69) is 30.9 Å². The number of primary amides is 1. The number of amides is 3. The molecule has 4 N–H and O–H groups in total. The van der Waals surface area contributed by atoms with E-state index in [0.717, 1.165) is 19.4 Å². The van der Waals surface area contributed by atoms with Crippen molar-refractivity contribution in [3.05, 3.63) is 18.1 Å². The maximum absolute atomic E-state index is 11.9. The van der Waals surface area contributed by atoms with Gasteiger partial charge < -0.3 is 26.2 Å². The Kier molecular flexibility index (Phi) is 5.57. The van der Waals surface area contributed by atoms with Crippen LogP contribution in [0.15, 0.2) is 12.4 Å². The number of nitrogens with one attached hydrogen (secondary N) is 2. The number of carbonyl (C=O) groups excluding carboxylic acids is 2. The van der Waals surface area contributed by atoms with Crippen LogP contribution in [0.25, 0.3) is 0 Å². The van der Waals surface area contributed by atoms with Gasteiger partial charge in [-0.15, -0.1) is 10.2 Å². The van der Waals surface area contributed by atoms with E-state index in [-0.39, 0.29) is 23.6 Å². The van der Waals surface area contributed by atoms with Gasteiger partial charge in [0.25, 0.3) is 5.91 Å². The summed E-state index contributed by atoms with van der Waals surface area (Å²) in [6.07, 6.45) is 5.06. The first-order valence-electron chi connectivity index (χ1n) is 8.86. The molecule has 1 saturated heterocycles. The van der Waals surface area contributed by atoms with Gasteiger partial charge in [0.1, 0.15) is 0 Å². The maximum Gasteiger partial charge on any atom is 0.317 e. The first kappa shape index (κ1) is 19.3. The number of nitrogens with zero attached hydrogens (tertiary/aromatic N) is 7. The van der Waals surface area contributed by atoms with Crippen molar-refractivity contribution in [2.75, 3.05) is 37.4 Å². The van der Waals surface area contributed by atoms with Gasteiger partial charge in [-0.2, -0.15) is 10.1 Å². The number of rotatable bonds is 5. The Labute approximate surface area is 162 Å². The van der Waals surface area contributed by atoms with Crippen LogP contribution < -0.4 is 21.3 Å². The van der Waals surface area contributed by atoms with E-state index < -0.39 is 5.91 Å². The summed E-state index contributed by atoms with van der Waals surface area (Å²) in [6, 6.07) is -0.174. The van der Waals surface area contributed by atoms with Gasteiger partial charge in [0.15, 0.2) is 11.5 Å². The Morgan fingerprint density at radius 1 is 1.32 bits per heavy atom. The zero-order chi connectivity index (χ0) is 20.3. The third kappa shape index (κ3) is 4.45. The quantitative estimate of drug-likeness (QED) is 0.632. The summed E-state index contributed by atoms with van der Waals surface area (Å²) in [6.45, 7) is 1.27. The normalized spacial score (nSPS) is 16.5. The second kappa shape index (κ2) is 8.06. The molecule has 1 atom stereocenters. The van der Waals surface area contributed by atoms with Crippen LogP contribution in [0, 0.1) is 0 Å². The highest BCUT2D eigenvalue weighted by molar-refractivity contribution is 5.96. The molecule has 0 unspecified atom stereocenters. The van der Waals surface area contributed by atoms with Crippen molar-refractivity contribution in [2.45, 2.75) is 18.9 Å². The first-order chi connectivity index (χ1) is 13.3. The first-order valence-corrected chi connectivity index (χ1v) is 8.86. The molecular weight excluding hydrogens is 364 g/mol. The minimum absolute atomic E-state index is 0.0298. The van der Waals surface area contributed by atoms with Crippen LogP contribution in [-0.2, 0) is 7.05 Å². The van der Waals surface area contributed by atoms with Crippen LogP contribution >= 0.6 is 0 Å². The molecule has 1 aliphatic rings. The van der Waals surface area contributed by atoms with Crippen molar-refractivity contribution in [2.24, 2.45) is 12.8 Å². The van der Waals surface area contributed by atoms with Crippen LogP contribution in [0.3, 0.4) is 0 Å². The summed E-state index contributed by atoms with van der Waals surface area (Å²) >= 11 is 0. The summed E-state index contributed by atoms with van der Waals surface area (Å²) in [4.78, 5) is 31.5. The fraction of sp³-hybridized carbons (Fsp3) is 0.500. The molecule has 1 fully saturated rings. The number of hydrogen-bond acceptors (Lipinski definition) is 8. The number of urea groups is 1. The topological polar surface area (TPSA) is 147 Å². The van der Waals surface area contributed by atoms with Gasteiger partial charge in [-0.05, 0) is 12.8 Å². The van der Waals surface area contributed by atoms with Crippen molar-refractivity contribution in [1.29, 1.82) is 0 Å². The lowest BCUT2D eigenvalue weighted by Crippen LogP contribution is -2.50. The lowest BCUT2D eigenvalue weighted by Gasteiger charge is -2.33. The number of aromatic nitrogens is 5. The molecular formula is C16H24N10O2. The van der Waals surface area contributed by atoms with Crippen LogP contribution in [0.2, 0.25) is 0 Å². The summed E-state index contributed by atoms with van der Waals surface area (Å²) in [5.41, 5.74) is 5.99. The Hall–Kier alpha value is -3.44. The Balaban J connectivity index is 1.80. The van der Waals surface area contributed by atoms with Crippen LogP contribution in [0.4, 0.5) is 22.2 Å². The van der Waals surface area contributed by atoms with Crippen LogP contribution in [0.5, 0.6) is 0 Å². The smallest absolute Gasteiger partial charge is 0.317 e. The number of aryl methyl sites for hydroxylation is 1. The van der Waals surface area contributed by atoms with Gasteiger partial charge >= 0.3 is 6.03 Å². The average Bonchev–Trinajstić information content (AvgIpc) is 3.06. The zero-order valence-electron chi connectivity index (χ0n) is 16.1. The molecule has 12 nitrogen and oxygen atoms in total. The summed E-state index contributed by atoms with van der Waals surface area (Å²) in [5.74, 6) is -0.155. The predicted molar refractivity (Wildman–Crippen MR) is 102 cm³/mol. The van der Waals surface area contributed by atoms with E-state index in [1.165, 1.54) is 4.90 Å². The van der Waals surface area contributed by atoms with E-state index in [0.29, 0.717) is 18.2 Å². The average molecular weight is 388 g/mol. The van der Waals surface area contributed by atoms with Gasteiger partial charge in [-0.25, -0.2) is 4.79 Å². The molecule has 150 valence electrons. The van der Waals surface area contributed by atoms with Crippen molar-refractivity contribution < 1.29 is 9.59 Å². The third-order valence-electron chi connectivity index (χ3n) is 4.31. The minimum Gasteiger partial charge on any atom is -0.364 e. The van der Waals surface area contributed by atoms with Gasteiger partial charge in [0.2, 0.25) is 5.95 Å². The SMILES string of the molecule is CN(C)C(=O)N[C@@H]1CCCN(c2nnc(C(N)=O)c(Nc3cnn(C)c3)n2)C1. The lowest BCUT2D eigenvalue weighted by atomic mass is 10.1. The highest BCUT2D eigenvalue weighted by Crippen LogP contribution is 2.21. The number of hydrogen-bond donors (Lipinski definition) is 3. The molecule has 1 aliphatic heterocycles. The molecule has 3 rings (SSSR count). The van der Waals surface area contributed by atoms with E-state index >= 15 is 0 Å². The van der Waals surface area contributed by atoms with E-state index in [1.54, 1.807) is 38.2 Å². The second-order valence-electron chi connectivity index (χ2n) is 6.83. The largest absolute Gasteiger partial charge is 0.364 e. The van der Waals surface area contributed by atoms with Gasteiger partial charge in [-0.3, -0.25) is 9.48 Å². The highest BCUT2D eigenvalue weighted by atomic mass is 16.2. The lowest BCUT2D eigenvalue weighted by molar-refractivity contribution is 0.0995. The molecule has 0 aliphatic carbocycles. The fourth-order valence-electron chi connectivity index (χ4n) is 2.91. The molecule has 12 heteroatoms. The molecule has 2 aromatic heterocycles. The minimum atomic E-state index is -0.729. The summed E-state index contributed by atoms with van der Waals surface area (Å²) in [7, 11) is 5.17. The molecule has 3 amide bonds. The summed E-state index contributed by atoms with van der Waals surface area (Å²) in [5, 5.41) is 18.1. The second-order valence-corrected chi connectivity index (χ2v) is 6.83. The van der Waals surface area contributed by atoms with E-state index in [1.807, 2.05) is 4.90 Å². The molecule has 2 aromatic rings. The highest BCUT2D eigenvalue weighted by Gasteiger charge is 2.25. The molecule has 28 heavy (non-hydrogen) atoms. The van der Waals surface area contributed by atoms with Gasteiger partial charge in [0.05, 0.1) is 11.9 Å². The Bertz CT molecular complexity index is 865. The number of piperidine rings is 1. The number of nitrogens with two attached hydrogens (primary N) is 1. The Morgan fingerprint density at radius 2 is 2.11 bits per heavy atom. The molecule has 0 bridgehead atoms. The van der Waals surface area contributed by atoms with Crippen molar-refractivity contribution in [3.63, 3.8) is 0 Å². The van der Waals surface area contributed by atoms with E-state index in [4.69, 9.17) is 5.73 Å². The molecule has 0 radical (unpaired) electrons. The molecule has 3 heterocycles.